The van der Waals surface area contributed by atoms with E-state index in [2.05, 4.69) is 27.0 Å². The lowest BCUT2D eigenvalue weighted by Crippen LogP contribution is -2.36. The highest BCUT2D eigenvalue weighted by Gasteiger charge is 2.26. The molecule has 5 rings (SSSR count). The minimum absolute atomic E-state index is 0.244. The average Bonchev–Trinajstić information content (AvgIpc) is 3.15. The number of benzene rings is 2. The van der Waals surface area contributed by atoms with Crippen LogP contribution in [-0.2, 0) is 0 Å². The molecule has 0 atom stereocenters. The third-order valence-corrected chi connectivity index (χ3v) is 5.47. The van der Waals surface area contributed by atoms with Crippen LogP contribution in [0.1, 0.15) is 12.8 Å². The van der Waals surface area contributed by atoms with Crippen molar-refractivity contribution in [2.24, 2.45) is 0 Å². The molecule has 2 aromatic carbocycles. The number of fused-ring (bicyclic) bond motifs is 1. The highest BCUT2D eigenvalue weighted by Crippen LogP contribution is 2.43. The summed E-state index contributed by atoms with van der Waals surface area (Å²) in [5.74, 6) is 1.61. The molecule has 0 radical (unpaired) electrons. The third-order valence-electron chi connectivity index (χ3n) is 5.47. The fourth-order valence-corrected chi connectivity index (χ4v) is 3.95. The Labute approximate surface area is 168 Å². The van der Waals surface area contributed by atoms with Crippen molar-refractivity contribution < 1.29 is 9.52 Å². The molecule has 146 valence electrons. The van der Waals surface area contributed by atoms with Gasteiger partial charge in [0, 0.05) is 29.9 Å². The van der Waals surface area contributed by atoms with Gasteiger partial charge in [0.2, 0.25) is 5.71 Å². The van der Waals surface area contributed by atoms with Gasteiger partial charge >= 0.3 is 0 Å². The summed E-state index contributed by atoms with van der Waals surface area (Å²) in [4.78, 5) is 11.3. The van der Waals surface area contributed by atoms with Crippen LogP contribution in [0.2, 0.25) is 0 Å². The van der Waals surface area contributed by atoms with Crippen molar-refractivity contribution in [2.45, 2.75) is 18.9 Å². The van der Waals surface area contributed by atoms with E-state index >= 15 is 0 Å². The highest BCUT2D eigenvalue weighted by atomic mass is 16.3. The molecule has 0 unspecified atom stereocenters. The Kier molecular flexibility index (Phi) is 4.41. The van der Waals surface area contributed by atoms with E-state index in [9.17, 15) is 5.11 Å². The summed E-state index contributed by atoms with van der Waals surface area (Å²) in [5, 5.41) is 10.8. The number of anilines is 2. The van der Waals surface area contributed by atoms with Gasteiger partial charge < -0.3 is 20.2 Å². The normalized spacial score (nSPS) is 15.1. The number of rotatable bonds is 3. The molecule has 3 heterocycles. The molecule has 0 aliphatic carbocycles. The molecule has 1 aliphatic rings. The number of hydrogen-bond acceptors (Lipinski definition) is 6. The first kappa shape index (κ1) is 17.7. The van der Waals surface area contributed by atoms with Crippen LogP contribution in [0.15, 0.2) is 65.3 Å². The summed E-state index contributed by atoms with van der Waals surface area (Å²) in [7, 11) is 0. The fourth-order valence-electron chi connectivity index (χ4n) is 3.95. The number of aromatic nitrogens is 2. The molecule has 6 heteroatoms. The highest BCUT2D eigenvalue weighted by molar-refractivity contribution is 6.06. The Morgan fingerprint density at radius 2 is 1.66 bits per heavy atom. The number of nitrogens with two attached hydrogens (primary N) is 1. The second-order valence-corrected chi connectivity index (χ2v) is 7.39. The van der Waals surface area contributed by atoms with Crippen LogP contribution in [0.3, 0.4) is 0 Å². The van der Waals surface area contributed by atoms with Crippen LogP contribution in [-0.4, -0.2) is 34.3 Å². The molecular weight excluding hydrogens is 364 g/mol. The van der Waals surface area contributed by atoms with Crippen molar-refractivity contribution in [1.29, 1.82) is 0 Å². The molecule has 4 aromatic rings. The predicted octanol–water partition coefficient (Wildman–Crippen LogP) is 4.10. The maximum atomic E-state index is 9.91. The van der Waals surface area contributed by atoms with Crippen LogP contribution in [0.25, 0.3) is 33.6 Å². The summed E-state index contributed by atoms with van der Waals surface area (Å²) in [5.41, 5.74) is 10.1. The molecule has 0 spiro atoms. The quantitative estimate of drug-likeness (QED) is 0.516. The van der Waals surface area contributed by atoms with E-state index in [0.717, 1.165) is 59.6 Å². The van der Waals surface area contributed by atoms with E-state index in [-0.39, 0.29) is 6.10 Å². The summed E-state index contributed by atoms with van der Waals surface area (Å²) in [6.45, 7) is 1.51. The largest absolute Gasteiger partial charge is 0.437 e. The maximum Gasteiger partial charge on any atom is 0.232 e. The van der Waals surface area contributed by atoms with E-state index < -0.39 is 0 Å². The molecule has 2 aromatic heterocycles. The van der Waals surface area contributed by atoms with Gasteiger partial charge in [0.25, 0.3) is 0 Å². The molecule has 1 saturated heterocycles. The Morgan fingerprint density at radius 3 is 2.38 bits per heavy atom. The monoisotopic (exact) mass is 386 g/mol. The van der Waals surface area contributed by atoms with Crippen LogP contribution in [0.4, 0.5) is 11.5 Å². The standard InChI is InChI=1S/C23H22N4O2/c24-17-8-6-16(7-9-17)21-19(15-4-2-1-3-5-15)20-22(25-14-26-23(20)29-21)27-12-10-18(28)11-13-27/h1-9,14,18,28H,10-13,24H2. The van der Waals surface area contributed by atoms with Crippen LogP contribution in [0, 0.1) is 0 Å². The molecule has 0 saturated carbocycles. The Bertz CT molecular complexity index is 1130. The Morgan fingerprint density at radius 1 is 0.931 bits per heavy atom. The number of aliphatic hydroxyl groups is 1. The zero-order valence-electron chi connectivity index (χ0n) is 16.0. The lowest BCUT2D eigenvalue weighted by molar-refractivity contribution is 0.145. The van der Waals surface area contributed by atoms with Crippen molar-refractivity contribution in [3.05, 3.63) is 60.9 Å². The van der Waals surface area contributed by atoms with E-state index in [1.807, 2.05) is 42.5 Å². The topological polar surface area (TPSA) is 88.4 Å². The summed E-state index contributed by atoms with van der Waals surface area (Å²) < 4.78 is 6.26. The predicted molar refractivity (Wildman–Crippen MR) is 115 cm³/mol. The van der Waals surface area contributed by atoms with Gasteiger partial charge in [-0.3, -0.25) is 0 Å². The van der Waals surface area contributed by atoms with Crippen molar-refractivity contribution >= 4 is 22.6 Å². The third kappa shape index (κ3) is 3.21. The molecule has 29 heavy (non-hydrogen) atoms. The number of piperidine rings is 1. The van der Waals surface area contributed by atoms with Gasteiger partial charge in [-0.1, -0.05) is 30.3 Å². The van der Waals surface area contributed by atoms with Gasteiger partial charge in [0.15, 0.2) is 0 Å². The maximum absolute atomic E-state index is 9.91. The molecular formula is C23H22N4O2. The number of nitrogens with zero attached hydrogens (tertiary/aromatic N) is 3. The van der Waals surface area contributed by atoms with E-state index in [4.69, 9.17) is 10.2 Å². The van der Waals surface area contributed by atoms with Gasteiger partial charge in [-0.05, 0) is 42.7 Å². The Hall–Kier alpha value is -3.38. The zero-order chi connectivity index (χ0) is 19.8. The van der Waals surface area contributed by atoms with Crippen LogP contribution < -0.4 is 10.6 Å². The molecule has 1 fully saturated rings. The van der Waals surface area contributed by atoms with Crippen LogP contribution in [0.5, 0.6) is 0 Å². The number of hydrogen-bond donors (Lipinski definition) is 2. The number of nitrogen functional groups attached to an aromatic ring is 1. The van der Waals surface area contributed by atoms with Crippen molar-refractivity contribution in [3.63, 3.8) is 0 Å². The lowest BCUT2D eigenvalue weighted by Gasteiger charge is -2.30. The van der Waals surface area contributed by atoms with Gasteiger partial charge in [0.05, 0.1) is 11.5 Å². The molecule has 0 bridgehead atoms. The lowest BCUT2D eigenvalue weighted by atomic mass is 9.98. The number of aliphatic hydroxyl groups excluding tert-OH is 1. The molecule has 1 aliphatic heterocycles. The molecule has 0 amide bonds. The first-order valence-electron chi connectivity index (χ1n) is 9.82. The van der Waals surface area contributed by atoms with E-state index in [1.54, 1.807) is 6.33 Å². The van der Waals surface area contributed by atoms with Crippen LogP contribution >= 0.6 is 0 Å². The van der Waals surface area contributed by atoms with Crippen molar-refractivity contribution in [1.82, 2.24) is 9.97 Å². The average molecular weight is 386 g/mol. The molecule has 6 nitrogen and oxygen atoms in total. The summed E-state index contributed by atoms with van der Waals surface area (Å²) in [6.07, 6.45) is 2.77. The van der Waals surface area contributed by atoms with Crippen molar-refractivity contribution in [2.75, 3.05) is 23.7 Å². The second kappa shape index (κ2) is 7.22. The summed E-state index contributed by atoms with van der Waals surface area (Å²) >= 11 is 0. The second-order valence-electron chi connectivity index (χ2n) is 7.39. The van der Waals surface area contributed by atoms with Gasteiger partial charge in [-0.2, -0.15) is 0 Å². The first-order chi connectivity index (χ1) is 14.2. The SMILES string of the molecule is Nc1ccc(-c2oc3ncnc(N4CCC(O)CC4)c3c2-c2ccccc2)cc1. The van der Waals surface area contributed by atoms with Gasteiger partial charge in [-0.25, -0.2) is 9.97 Å². The van der Waals surface area contributed by atoms with Gasteiger partial charge in [0.1, 0.15) is 17.9 Å². The minimum Gasteiger partial charge on any atom is -0.437 e. The number of furan rings is 1. The fraction of sp³-hybridized carbons (Fsp3) is 0.217. The van der Waals surface area contributed by atoms with E-state index in [0.29, 0.717) is 11.4 Å². The molecule has 3 N–H and O–H groups in total. The van der Waals surface area contributed by atoms with Crippen molar-refractivity contribution in [3.8, 4) is 22.5 Å². The first-order valence-corrected chi connectivity index (χ1v) is 9.82. The smallest absolute Gasteiger partial charge is 0.232 e. The summed E-state index contributed by atoms with van der Waals surface area (Å²) in [6, 6.07) is 17.8. The van der Waals surface area contributed by atoms with Gasteiger partial charge in [-0.15, -0.1) is 0 Å². The van der Waals surface area contributed by atoms with E-state index in [1.165, 1.54) is 0 Å². The minimum atomic E-state index is -0.244. The zero-order valence-corrected chi connectivity index (χ0v) is 16.0. The Balaban J connectivity index is 1.75.